The molecule has 0 unspecified atom stereocenters. The van der Waals surface area contributed by atoms with E-state index in [0.717, 1.165) is 14.7 Å². The molecule has 47 heavy (non-hydrogen) atoms. The summed E-state index contributed by atoms with van der Waals surface area (Å²) in [5.74, 6) is -1.39. The number of carbonyl (C=O) groups excluding carboxylic acids is 2. The first-order valence-electron chi connectivity index (χ1n) is 16.0. The van der Waals surface area contributed by atoms with Crippen LogP contribution in [0.1, 0.15) is 73.5 Å². The molecule has 0 saturated heterocycles. The molecule has 0 spiro atoms. The molecule has 1 aliphatic heterocycles. The predicted octanol–water partition coefficient (Wildman–Crippen LogP) is 9.10. The summed E-state index contributed by atoms with van der Waals surface area (Å²) in [6, 6.07) is 12.7. The Kier molecular flexibility index (Phi) is 13.7. The monoisotopic (exact) mass is 781 g/mol. The van der Waals surface area contributed by atoms with E-state index >= 15 is 0 Å². The number of fused-ring (bicyclic) bond motifs is 2. The number of hydrogen-bond donors (Lipinski definition) is 2. The van der Waals surface area contributed by atoms with E-state index in [0.29, 0.717) is 17.7 Å². The molecule has 9 nitrogen and oxygen atoms in total. The molecular formula is C36H52INO8Si. The molecule has 1 amide bonds. The van der Waals surface area contributed by atoms with Crippen molar-refractivity contribution in [2.45, 2.75) is 92.2 Å². The summed E-state index contributed by atoms with van der Waals surface area (Å²) in [6.45, 7) is 20.1. The van der Waals surface area contributed by atoms with Gasteiger partial charge in [0.25, 0.3) is 0 Å². The van der Waals surface area contributed by atoms with Crippen molar-refractivity contribution in [2.24, 2.45) is 11.8 Å². The molecule has 0 saturated carbocycles. The topological polar surface area (TPSA) is 113 Å². The normalized spacial score (nSPS) is 23.5. The fourth-order valence-electron chi connectivity index (χ4n) is 5.06. The summed E-state index contributed by atoms with van der Waals surface area (Å²) in [5, 5.41) is 14.7. The Balaban J connectivity index is 2.30. The van der Waals surface area contributed by atoms with Gasteiger partial charge in [-0.1, -0.05) is 0 Å². The van der Waals surface area contributed by atoms with Crippen LogP contribution in [0.3, 0.4) is 0 Å². The predicted molar refractivity (Wildman–Crippen MR) is 197 cm³/mol. The zero-order valence-corrected chi connectivity index (χ0v) is 32.8. The number of aromatic hydroxyl groups is 1. The van der Waals surface area contributed by atoms with Gasteiger partial charge in [0, 0.05) is 0 Å². The van der Waals surface area contributed by atoms with E-state index in [1.165, 1.54) is 6.92 Å². The second-order valence-electron chi connectivity index (χ2n) is 13.5. The van der Waals surface area contributed by atoms with Crippen molar-refractivity contribution in [3.05, 3.63) is 74.9 Å². The summed E-state index contributed by atoms with van der Waals surface area (Å²) < 4.78 is 31.4. The summed E-state index contributed by atoms with van der Waals surface area (Å²) in [4.78, 5) is 26.1. The third kappa shape index (κ3) is 10.1. The molecule has 0 aliphatic carbocycles. The van der Waals surface area contributed by atoms with E-state index in [2.05, 4.69) is 58.3 Å². The van der Waals surface area contributed by atoms with Gasteiger partial charge in [-0.3, -0.25) is 0 Å². The van der Waals surface area contributed by atoms with Gasteiger partial charge in [-0.25, -0.2) is 0 Å². The Morgan fingerprint density at radius 3 is 2.32 bits per heavy atom. The third-order valence-electron chi connectivity index (χ3n) is 8.58. The Labute approximate surface area is 289 Å². The number of anilines is 1. The van der Waals surface area contributed by atoms with Gasteiger partial charge in [0.05, 0.1) is 0 Å². The molecule has 2 aromatic rings. The van der Waals surface area contributed by atoms with Gasteiger partial charge in [0.2, 0.25) is 0 Å². The Morgan fingerprint density at radius 1 is 1.09 bits per heavy atom. The number of benzene rings is 2. The average molecular weight is 782 g/mol. The van der Waals surface area contributed by atoms with Gasteiger partial charge in [0.15, 0.2) is 0 Å². The van der Waals surface area contributed by atoms with Crippen molar-refractivity contribution in [1.29, 1.82) is 0 Å². The molecule has 1 aliphatic rings. The summed E-state index contributed by atoms with van der Waals surface area (Å²) in [6.07, 6.45) is 3.71. The van der Waals surface area contributed by atoms with Gasteiger partial charge in [-0.15, -0.1) is 0 Å². The first-order valence-corrected chi connectivity index (χ1v) is 21.7. The molecule has 2 aromatic carbocycles. The van der Waals surface area contributed by atoms with Crippen molar-refractivity contribution < 1.29 is 34.7 Å². The van der Waals surface area contributed by atoms with Crippen LogP contribution in [-0.4, -0.2) is 45.3 Å². The minimum atomic E-state index is -3.02. The van der Waals surface area contributed by atoms with Crippen molar-refractivity contribution in [2.75, 3.05) is 19.2 Å². The van der Waals surface area contributed by atoms with Gasteiger partial charge >= 0.3 is 291 Å². The van der Waals surface area contributed by atoms with Crippen LogP contribution in [0.4, 0.5) is 5.69 Å². The zero-order valence-electron chi connectivity index (χ0n) is 29.6. The first-order chi connectivity index (χ1) is 22.0. The number of ether oxygens (including phenoxy) is 2. The van der Waals surface area contributed by atoms with Crippen LogP contribution in [-0.2, 0) is 26.6 Å². The molecule has 11 heteroatoms. The number of hydrogen-bond acceptors (Lipinski definition) is 8. The molecule has 2 N–H and O–H groups in total. The van der Waals surface area contributed by atoms with E-state index in [-0.39, 0.29) is 35.1 Å². The molecule has 260 valence electrons. The van der Waals surface area contributed by atoms with E-state index in [1.807, 2.05) is 44.2 Å². The fraction of sp³-hybridized carbons (Fsp3) is 0.500. The fourth-order valence-corrected chi connectivity index (χ4v) is 9.27. The third-order valence-corrected chi connectivity index (χ3v) is 16.7. The van der Waals surface area contributed by atoms with Crippen molar-refractivity contribution in [3.63, 3.8) is 0 Å². The Bertz CT molecular complexity index is 1450. The number of methoxy groups -OCH3 is 1. The van der Waals surface area contributed by atoms with Crippen molar-refractivity contribution >= 4 is 46.5 Å². The van der Waals surface area contributed by atoms with E-state index in [4.69, 9.17) is 20.0 Å². The molecular weight excluding hydrogens is 729 g/mol. The molecule has 4 atom stereocenters. The molecule has 0 fully saturated rings. The van der Waals surface area contributed by atoms with Crippen LogP contribution in [0.15, 0.2) is 65.8 Å². The Hall–Kier alpha value is -2.71. The number of phenols is 1. The molecule has 2 bridgehead atoms. The molecule has 0 aromatic heterocycles. The second-order valence-corrected chi connectivity index (χ2v) is 21.6. The quantitative estimate of drug-likeness (QED) is 0.106. The maximum absolute atomic E-state index is 13.9. The zero-order chi connectivity index (χ0) is 35.1. The number of carbonyl (C=O) groups is 2. The number of amides is 1. The van der Waals surface area contributed by atoms with E-state index < -0.39 is 53.1 Å². The average Bonchev–Trinajstić information content (AvgIpc) is 2.99. The maximum atomic E-state index is 13.9. The van der Waals surface area contributed by atoms with Gasteiger partial charge < -0.3 is 0 Å². The standard InChI is InChI=1S/C36H52INO8Si/c1-12-27-19-23(2)18-24(3)33(46-47(10,11)36(6,7)8)30-20-29(45-37(44-26(5)39)28-16-14-13-15-17-28)21-31(32(30)40)38-35(41)25(4)34(27)43-22-42-9/h13-21,24-25,33-34,40H,12,22H2,1-11H3,(H,38,41)/b23-18-,27-19+/t24-,25-,33+,34-/m1/s1. The number of phenolic OH excluding ortho intramolecular Hbond substituents is 1. The van der Waals surface area contributed by atoms with Gasteiger partial charge in [-0.2, -0.15) is 0 Å². The Morgan fingerprint density at radius 2 is 1.74 bits per heavy atom. The van der Waals surface area contributed by atoms with Gasteiger partial charge in [0.1, 0.15) is 0 Å². The molecule has 3 rings (SSSR count). The van der Waals surface area contributed by atoms with Crippen molar-refractivity contribution in [1.82, 2.24) is 0 Å². The van der Waals surface area contributed by atoms with Crippen molar-refractivity contribution in [3.8, 4) is 11.5 Å². The summed E-state index contributed by atoms with van der Waals surface area (Å²) in [5.41, 5.74) is 2.58. The van der Waals surface area contributed by atoms with Crippen LogP contribution in [0.5, 0.6) is 11.5 Å². The molecule has 1 heterocycles. The minimum absolute atomic E-state index is 0.0161. The van der Waals surface area contributed by atoms with Crippen LogP contribution < -0.4 is 8.38 Å². The van der Waals surface area contributed by atoms with Crippen LogP contribution in [0.2, 0.25) is 18.1 Å². The van der Waals surface area contributed by atoms with Crippen LogP contribution in [0.25, 0.3) is 0 Å². The number of allylic oxidation sites excluding steroid dienone is 2. The number of nitrogens with one attached hydrogen (secondary N) is 1. The van der Waals surface area contributed by atoms with Crippen LogP contribution in [0, 0.1) is 15.4 Å². The van der Waals surface area contributed by atoms with E-state index in [9.17, 15) is 14.7 Å². The SMILES string of the molecule is CC/C1=C\C(C)=C/[C@@H](C)[C@H](O[Si](C)(C)C(C)(C)C)c2cc(OI(OC(C)=O)c3ccccc3)cc(c2O)NC(=O)[C@H](C)[C@H]1OCOC. The number of rotatable bonds is 10. The molecule has 0 radical (unpaired) electrons. The summed E-state index contributed by atoms with van der Waals surface area (Å²) in [7, 11) is -0.858. The first kappa shape index (κ1) is 38.7. The van der Waals surface area contributed by atoms with E-state index in [1.54, 1.807) is 26.2 Å². The van der Waals surface area contributed by atoms with Gasteiger partial charge in [-0.05, 0) is 0 Å². The second kappa shape index (κ2) is 16.6. The number of halogens is 1. The van der Waals surface area contributed by atoms with Crippen LogP contribution >= 0.6 is 20.6 Å². The summed E-state index contributed by atoms with van der Waals surface area (Å²) >= 11 is -3.02.